The highest BCUT2D eigenvalue weighted by Crippen LogP contribution is 2.42. The Hall–Kier alpha value is -0.0400. The van der Waals surface area contributed by atoms with Crippen molar-refractivity contribution in [1.29, 1.82) is 0 Å². The van der Waals surface area contributed by atoms with E-state index in [1.54, 1.807) is 0 Å². The molecule has 1 aliphatic carbocycles. The van der Waals surface area contributed by atoms with Crippen LogP contribution in [0.25, 0.3) is 0 Å². The van der Waals surface area contributed by atoms with Crippen molar-refractivity contribution in [3.63, 3.8) is 0 Å². The van der Waals surface area contributed by atoms with E-state index in [0.717, 1.165) is 5.92 Å². The first-order valence-corrected chi connectivity index (χ1v) is 5.28. The lowest BCUT2D eigenvalue weighted by molar-refractivity contribution is 0.187. The first kappa shape index (κ1) is 10.0. The Bertz CT molecular complexity index is 132. The first-order valence-electron chi connectivity index (χ1n) is 5.28. The van der Waals surface area contributed by atoms with Crippen molar-refractivity contribution < 1.29 is 0 Å². The summed E-state index contributed by atoms with van der Waals surface area (Å²) in [6, 6.07) is 0.362. The van der Waals surface area contributed by atoms with Gasteiger partial charge < -0.3 is 5.73 Å². The number of nitrogens with two attached hydrogens (primary N) is 1. The summed E-state index contributed by atoms with van der Waals surface area (Å²) < 4.78 is 0. The smallest absolute Gasteiger partial charge is 0.00156 e. The van der Waals surface area contributed by atoms with Gasteiger partial charge in [0.05, 0.1) is 0 Å². The topological polar surface area (TPSA) is 26.0 Å². The molecule has 0 saturated heterocycles. The Morgan fingerprint density at radius 2 is 1.83 bits per heavy atom. The van der Waals surface area contributed by atoms with Gasteiger partial charge in [0.1, 0.15) is 0 Å². The fourth-order valence-electron chi connectivity index (χ4n) is 2.70. The van der Waals surface area contributed by atoms with Crippen molar-refractivity contribution in [1.82, 2.24) is 0 Å². The molecule has 1 nitrogen and oxygen atoms in total. The second kappa shape index (κ2) is 3.78. The molecule has 0 aromatic rings. The molecule has 0 aromatic carbocycles. The third-order valence-corrected chi connectivity index (χ3v) is 3.31. The minimum absolute atomic E-state index is 0.362. The van der Waals surface area contributed by atoms with Gasteiger partial charge in [-0.3, -0.25) is 0 Å². The summed E-state index contributed by atoms with van der Waals surface area (Å²) in [6.07, 6.45) is 6.91. The molecule has 1 aliphatic rings. The van der Waals surface area contributed by atoms with Gasteiger partial charge in [-0.25, -0.2) is 0 Å². The Kier molecular flexibility index (Phi) is 3.16. The van der Waals surface area contributed by atoms with Crippen LogP contribution in [0.2, 0.25) is 0 Å². The van der Waals surface area contributed by atoms with Crippen molar-refractivity contribution >= 4 is 0 Å². The molecule has 72 valence electrons. The highest BCUT2D eigenvalue weighted by atomic mass is 14.6. The molecule has 0 spiro atoms. The van der Waals surface area contributed by atoms with E-state index in [0.29, 0.717) is 11.5 Å². The third kappa shape index (κ3) is 2.48. The van der Waals surface area contributed by atoms with Crippen LogP contribution in [0.4, 0.5) is 0 Å². The van der Waals surface area contributed by atoms with E-state index >= 15 is 0 Å². The zero-order chi connectivity index (χ0) is 9.19. The van der Waals surface area contributed by atoms with E-state index in [1.165, 1.54) is 32.1 Å². The van der Waals surface area contributed by atoms with Crippen LogP contribution in [-0.2, 0) is 0 Å². The van der Waals surface area contributed by atoms with Crippen molar-refractivity contribution in [3.8, 4) is 0 Å². The van der Waals surface area contributed by atoms with E-state index in [-0.39, 0.29) is 0 Å². The quantitative estimate of drug-likeness (QED) is 0.690. The molecule has 1 unspecified atom stereocenters. The van der Waals surface area contributed by atoms with Gasteiger partial charge >= 0.3 is 0 Å². The van der Waals surface area contributed by atoms with Gasteiger partial charge in [0.2, 0.25) is 0 Å². The van der Waals surface area contributed by atoms with E-state index < -0.39 is 0 Å². The minimum Gasteiger partial charge on any atom is -0.328 e. The van der Waals surface area contributed by atoms with Crippen molar-refractivity contribution in [3.05, 3.63) is 0 Å². The minimum atomic E-state index is 0.362. The van der Waals surface area contributed by atoms with Crippen LogP contribution in [0.15, 0.2) is 0 Å². The summed E-state index contributed by atoms with van der Waals surface area (Å²) in [5, 5.41) is 0. The molecular formula is C11H23N. The maximum absolute atomic E-state index is 5.85. The van der Waals surface area contributed by atoms with Crippen molar-refractivity contribution in [2.75, 3.05) is 0 Å². The molecule has 0 amide bonds. The standard InChI is InChI=1S/C11H23N/c1-9(12)8-11(2,3)10-6-4-5-7-10/h9-10H,4-8,12H2,1-3H3. The molecule has 2 N–H and O–H groups in total. The molecule has 1 saturated carbocycles. The molecule has 0 bridgehead atoms. The summed E-state index contributed by atoms with van der Waals surface area (Å²) in [5.41, 5.74) is 6.32. The second-order valence-electron chi connectivity index (χ2n) is 5.15. The van der Waals surface area contributed by atoms with Crippen LogP contribution in [0, 0.1) is 11.3 Å². The van der Waals surface area contributed by atoms with E-state index in [1.807, 2.05) is 0 Å². The predicted molar refractivity (Wildman–Crippen MR) is 54.0 cm³/mol. The fourth-order valence-corrected chi connectivity index (χ4v) is 2.70. The van der Waals surface area contributed by atoms with Gasteiger partial charge in [-0.1, -0.05) is 26.7 Å². The average molecular weight is 169 g/mol. The summed E-state index contributed by atoms with van der Waals surface area (Å²) in [5.74, 6) is 0.934. The molecule has 0 aliphatic heterocycles. The van der Waals surface area contributed by atoms with Crippen LogP contribution in [0.5, 0.6) is 0 Å². The predicted octanol–water partition coefficient (Wildman–Crippen LogP) is 2.94. The summed E-state index contributed by atoms with van der Waals surface area (Å²) >= 11 is 0. The molecule has 0 radical (unpaired) electrons. The van der Waals surface area contributed by atoms with Gasteiger partial charge in [-0.15, -0.1) is 0 Å². The lowest BCUT2D eigenvalue weighted by Crippen LogP contribution is -2.30. The largest absolute Gasteiger partial charge is 0.328 e. The molecule has 1 atom stereocenters. The number of hydrogen-bond acceptors (Lipinski definition) is 1. The van der Waals surface area contributed by atoms with E-state index in [4.69, 9.17) is 5.73 Å². The molecular weight excluding hydrogens is 146 g/mol. The number of hydrogen-bond donors (Lipinski definition) is 1. The SMILES string of the molecule is CC(N)CC(C)(C)C1CCCC1. The van der Waals surface area contributed by atoms with Crippen molar-refractivity contribution in [2.45, 2.75) is 58.9 Å². The highest BCUT2D eigenvalue weighted by molar-refractivity contribution is 4.84. The lowest BCUT2D eigenvalue weighted by Gasteiger charge is -2.33. The molecule has 0 aromatic heterocycles. The van der Waals surface area contributed by atoms with E-state index in [9.17, 15) is 0 Å². The van der Waals surface area contributed by atoms with Gasteiger partial charge in [-0.2, -0.15) is 0 Å². The normalized spacial score (nSPS) is 23.0. The molecule has 1 rings (SSSR count). The van der Waals surface area contributed by atoms with Crippen LogP contribution >= 0.6 is 0 Å². The average Bonchev–Trinajstić information content (AvgIpc) is 2.32. The Labute approximate surface area is 76.7 Å². The van der Waals surface area contributed by atoms with Crippen LogP contribution in [0.3, 0.4) is 0 Å². The molecule has 0 heterocycles. The molecule has 1 heteroatoms. The zero-order valence-electron chi connectivity index (χ0n) is 8.77. The van der Waals surface area contributed by atoms with Crippen LogP contribution in [-0.4, -0.2) is 6.04 Å². The summed E-state index contributed by atoms with van der Waals surface area (Å²) in [6.45, 7) is 6.88. The van der Waals surface area contributed by atoms with Crippen LogP contribution < -0.4 is 5.73 Å². The second-order valence-corrected chi connectivity index (χ2v) is 5.15. The Balaban J connectivity index is 2.45. The van der Waals surface area contributed by atoms with Crippen LogP contribution in [0.1, 0.15) is 52.9 Å². The molecule has 12 heavy (non-hydrogen) atoms. The fraction of sp³-hybridized carbons (Fsp3) is 1.00. The van der Waals surface area contributed by atoms with Gasteiger partial charge in [0.25, 0.3) is 0 Å². The maximum Gasteiger partial charge on any atom is 0.00156 e. The zero-order valence-corrected chi connectivity index (χ0v) is 8.77. The third-order valence-electron chi connectivity index (χ3n) is 3.31. The Morgan fingerprint density at radius 1 is 1.33 bits per heavy atom. The monoisotopic (exact) mass is 169 g/mol. The highest BCUT2D eigenvalue weighted by Gasteiger charge is 2.31. The van der Waals surface area contributed by atoms with Gasteiger partial charge in [0, 0.05) is 6.04 Å². The van der Waals surface area contributed by atoms with Crippen molar-refractivity contribution in [2.24, 2.45) is 17.1 Å². The van der Waals surface area contributed by atoms with E-state index in [2.05, 4.69) is 20.8 Å². The van der Waals surface area contributed by atoms with Gasteiger partial charge in [-0.05, 0) is 37.5 Å². The Morgan fingerprint density at radius 3 is 2.25 bits per heavy atom. The van der Waals surface area contributed by atoms with Gasteiger partial charge in [0.15, 0.2) is 0 Å². The molecule has 1 fully saturated rings. The lowest BCUT2D eigenvalue weighted by atomic mass is 9.74. The summed E-state index contributed by atoms with van der Waals surface area (Å²) in [4.78, 5) is 0. The summed E-state index contributed by atoms with van der Waals surface area (Å²) in [7, 11) is 0. The maximum atomic E-state index is 5.85. The first-order chi connectivity index (χ1) is 5.52. The number of rotatable bonds is 3.